The lowest BCUT2D eigenvalue weighted by atomic mass is 10.2. The number of nitrogens with zero attached hydrogens (tertiary/aromatic N) is 1. The number of carbonyl (C=O) groups is 1. The van der Waals surface area contributed by atoms with Crippen LogP contribution in [0.25, 0.3) is 0 Å². The van der Waals surface area contributed by atoms with E-state index in [1.165, 1.54) is 17.8 Å². The molecule has 0 radical (unpaired) electrons. The summed E-state index contributed by atoms with van der Waals surface area (Å²) in [4.78, 5) is 12.4. The molecule has 150 valence electrons. The molecule has 3 heterocycles. The molecular weight excluding hydrogens is 403 g/mol. The number of aryl methyl sites for hydroxylation is 1. The second kappa shape index (κ2) is 6.50. The largest absolute Gasteiger partial charge is 0.482 e. The number of rotatable bonds is 2. The number of fused-ring (bicyclic) bond motifs is 2. The maximum atomic E-state index is 13.4. The molecule has 2 aromatic rings. The zero-order valence-electron chi connectivity index (χ0n) is 14.3. The molecule has 1 fully saturated rings. The minimum Gasteiger partial charge on any atom is -0.482 e. The summed E-state index contributed by atoms with van der Waals surface area (Å²) in [6.07, 6.45) is 0.547. The molecule has 0 aliphatic carbocycles. The first kappa shape index (κ1) is 18.8. The number of aromatic nitrogens is 1. The third-order valence-electron chi connectivity index (χ3n) is 4.45. The summed E-state index contributed by atoms with van der Waals surface area (Å²) < 4.78 is 79.7. The average molecular weight is 417 g/mol. The van der Waals surface area contributed by atoms with E-state index in [1.54, 1.807) is 0 Å². The Hall–Kier alpha value is -2.57. The van der Waals surface area contributed by atoms with Crippen LogP contribution in [0.4, 0.5) is 18.9 Å². The number of benzene rings is 1. The van der Waals surface area contributed by atoms with Gasteiger partial charge in [-0.25, -0.2) is 26.3 Å². The molecule has 2 atom stereocenters. The van der Waals surface area contributed by atoms with Gasteiger partial charge in [0.15, 0.2) is 28.9 Å². The van der Waals surface area contributed by atoms with Crippen molar-refractivity contribution < 1.29 is 35.9 Å². The van der Waals surface area contributed by atoms with Crippen LogP contribution in [0.15, 0.2) is 23.2 Å². The molecule has 28 heavy (non-hydrogen) atoms. The highest BCUT2D eigenvalue weighted by molar-refractivity contribution is 7.89. The van der Waals surface area contributed by atoms with E-state index in [0.717, 1.165) is 0 Å². The fraction of sp³-hybridized carbons (Fsp3) is 0.312. The summed E-state index contributed by atoms with van der Waals surface area (Å²) in [6, 6.07) is 0.606. The van der Waals surface area contributed by atoms with Gasteiger partial charge in [-0.3, -0.25) is 4.79 Å². The Morgan fingerprint density at radius 3 is 2.61 bits per heavy atom. The summed E-state index contributed by atoms with van der Waals surface area (Å²) in [5, 5.41) is 2.22. The predicted molar refractivity (Wildman–Crippen MR) is 89.0 cm³/mol. The highest BCUT2D eigenvalue weighted by atomic mass is 32.2. The van der Waals surface area contributed by atoms with Gasteiger partial charge in [0.2, 0.25) is 10.0 Å². The van der Waals surface area contributed by atoms with Gasteiger partial charge in [0.25, 0.3) is 5.91 Å². The second-order valence-corrected chi connectivity index (χ2v) is 8.09. The van der Waals surface area contributed by atoms with E-state index in [9.17, 15) is 26.4 Å². The van der Waals surface area contributed by atoms with Crippen molar-refractivity contribution in [2.24, 2.45) is 7.05 Å². The van der Waals surface area contributed by atoms with Crippen molar-refractivity contribution in [1.29, 1.82) is 0 Å². The fourth-order valence-corrected chi connectivity index (χ4v) is 4.57. The lowest BCUT2D eigenvalue weighted by Gasteiger charge is -2.16. The predicted octanol–water partition coefficient (Wildman–Crippen LogP) is 1.13. The average Bonchev–Trinajstić information content (AvgIpc) is 3.14. The van der Waals surface area contributed by atoms with Crippen LogP contribution in [0.5, 0.6) is 5.75 Å². The number of sulfonamides is 1. The number of hydrogen-bond acceptors (Lipinski definition) is 5. The van der Waals surface area contributed by atoms with E-state index in [0.29, 0.717) is 12.1 Å². The molecule has 4 rings (SSSR count). The van der Waals surface area contributed by atoms with E-state index in [2.05, 4.69) is 10.0 Å². The van der Waals surface area contributed by atoms with Crippen molar-refractivity contribution in [3.05, 3.63) is 41.5 Å². The first-order valence-corrected chi connectivity index (χ1v) is 9.57. The molecule has 1 saturated heterocycles. The third-order valence-corrected chi connectivity index (χ3v) is 5.94. The molecule has 2 aliphatic rings. The molecule has 2 N–H and O–H groups in total. The van der Waals surface area contributed by atoms with Crippen molar-refractivity contribution in [3.63, 3.8) is 0 Å². The maximum absolute atomic E-state index is 13.4. The Labute approximate surface area is 157 Å². The first-order valence-electron chi connectivity index (χ1n) is 8.09. The molecule has 1 aromatic heterocycles. The number of carbonyl (C=O) groups excluding carboxylic acids is 1. The van der Waals surface area contributed by atoms with Crippen molar-refractivity contribution >= 4 is 21.6 Å². The molecule has 12 heteroatoms. The van der Waals surface area contributed by atoms with Crippen molar-refractivity contribution in [2.75, 3.05) is 18.5 Å². The molecule has 0 saturated carbocycles. The summed E-state index contributed by atoms with van der Waals surface area (Å²) in [5.41, 5.74) is -0.522. The number of hydrogen-bond donors (Lipinski definition) is 2. The van der Waals surface area contributed by atoms with Crippen LogP contribution < -0.4 is 14.8 Å². The summed E-state index contributed by atoms with van der Waals surface area (Å²) in [6.45, 7) is 0.243. The SMILES string of the molecule is Cn1cc2c(c1C(=O)Nc1cc(F)c(F)c(F)c1)OC1COCC1NS2(=O)=O. The van der Waals surface area contributed by atoms with E-state index in [1.807, 2.05) is 0 Å². The van der Waals surface area contributed by atoms with Crippen LogP contribution in [0, 0.1) is 17.5 Å². The van der Waals surface area contributed by atoms with Crippen molar-refractivity contribution in [3.8, 4) is 5.75 Å². The topological polar surface area (TPSA) is 98.7 Å². The van der Waals surface area contributed by atoms with Crippen LogP contribution >= 0.6 is 0 Å². The Balaban J connectivity index is 1.73. The minimum atomic E-state index is -3.99. The van der Waals surface area contributed by atoms with Gasteiger partial charge >= 0.3 is 0 Å². The standard InChI is InChI=1S/C16H14F3N3O5S/c1-22-4-12-15(27-11-6-26-5-10(11)21-28(12,24)25)14(22)16(23)20-7-2-8(17)13(19)9(18)3-7/h2-4,10-11,21H,5-6H2,1H3,(H,20,23). The van der Waals surface area contributed by atoms with Crippen LogP contribution in [0.1, 0.15) is 10.5 Å². The van der Waals surface area contributed by atoms with Gasteiger partial charge in [0, 0.05) is 31.1 Å². The quantitative estimate of drug-likeness (QED) is 0.714. The van der Waals surface area contributed by atoms with Gasteiger partial charge in [-0.05, 0) is 0 Å². The highest BCUT2D eigenvalue weighted by Gasteiger charge is 2.42. The summed E-state index contributed by atoms with van der Waals surface area (Å²) in [5.74, 6) is -5.71. The third kappa shape index (κ3) is 3.02. The lowest BCUT2D eigenvalue weighted by molar-refractivity contribution is 0.100. The zero-order chi connectivity index (χ0) is 20.2. The normalized spacial score (nSPS) is 22.7. The van der Waals surface area contributed by atoms with Crippen LogP contribution in [-0.4, -0.2) is 44.3 Å². The van der Waals surface area contributed by atoms with Crippen molar-refractivity contribution in [2.45, 2.75) is 17.0 Å². The number of nitrogens with one attached hydrogen (secondary N) is 2. The van der Waals surface area contributed by atoms with Gasteiger partial charge in [-0.1, -0.05) is 0 Å². The van der Waals surface area contributed by atoms with Crippen LogP contribution in [0.2, 0.25) is 0 Å². The highest BCUT2D eigenvalue weighted by Crippen LogP contribution is 2.35. The summed E-state index contributed by atoms with van der Waals surface area (Å²) in [7, 11) is -2.57. The Morgan fingerprint density at radius 2 is 1.93 bits per heavy atom. The lowest BCUT2D eigenvalue weighted by Crippen LogP contribution is -2.42. The molecule has 8 nitrogen and oxygen atoms in total. The molecule has 0 spiro atoms. The van der Waals surface area contributed by atoms with Gasteiger partial charge in [0.1, 0.15) is 11.0 Å². The van der Waals surface area contributed by atoms with E-state index < -0.39 is 45.5 Å². The number of amides is 1. The molecule has 1 aromatic carbocycles. The fourth-order valence-electron chi connectivity index (χ4n) is 3.14. The first-order chi connectivity index (χ1) is 13.2. The molecule has 0 bridgehead atoms. The smallest absolute Gasteiger partial charge is 0.276 e. The Kier molecular flexibility index (Phi) is 4.36. The van der Waals surface area contributed by atoms with Gasteiger partial charge < -0.3 is 19.4 Å². The Bertz CT molecular complexity index is 1060. The molecule has 1 amide bonds. The molecule has 2 aliphatic heterocycles. The van der Waals surface area contributed by atoms with Crippen LogP contribution in [-0.2, 0) is 21.8 Å². The number of anilines is 1. The number of halogens is 3. The zero-order valence-corrected chi connectivity index (χ0v) is 15.1. The number of ether oxygens (including phenoxy) is 2. The Morgan fingerprint density at radius 1 is 1.25 bits per heavy atom. The molecule has 2 unspecified atom stereocenters. The van der Waals surface area contributed by atoms with Crippen LogP contribution in [0.3, 0.4) is 0 Å². The second-order valence-electron chi connectivity index (χ2n) is 6.41. The minimum absolute atomic E-state index is 0.121. The van der Waals surface area contributed by atoms with Gasteiger partial charge in [-0.15, -0.1) is 0 Å². The molecular formula is C16H14F3N3O5S. The van der Waals surface area contributed by atoms with E-state index in [4.69, 9.17) is 9.47 Å². The van der Waals surface area contributed by atoms with E-state index >= 15 is 0 Å². The summed E-state index contributed by atoms with van der Waals surface area (Å²) >= 11 is 0. The van der Waals surface area contributed by atoms with Crippen molar-refractivity contribution in [1.82, 2.24) is 9.29 Å². The van der Waals surface area contributed by atoms with Gasteiger partial charge in [-0.2, -0.15) is 0 Å². The van der Waals surface area contributed by atoms with E-state index in [-0.39, 0.29) is 35.2 Å². The van der Waals surface area contributed by atoms with Gasteiger partial charge in [0.05, 0.1) is 19.3 Å². The monoisotopic (exact) mass is 417 g/mol. The maximum Gasteiger partial charge on any atom is 0.276 e.